The van der Waals surface area contributed by atoms with Crippen LogP contribution in [0.15, 0.2) is 30.3 Å². The number of nitrogens with zero attached hydrogens (tertiary/aromatic N) is 3. The number of esters is 1. The maximum Gasteiger partial charge on any atom is 0.319 e. The van der Waals surface area contributed by atoms with Gasteiger partial charge >= 0.3 is 5.97 Å². The second kappa shape index (κ2) is 17.7. The lowest BCUT2D eigenvalue weighted by Crippen LogP contribution is -2.59. The number of likely N-dealkylation sites (N-methyl/N-ethyl adjacent to an activating group) is 2. The summed E-state index contributed by atoms with van der Waals surface area (Å²) in [6, 6.07) is 10.5. The second-order valence-electron chi connectivity index (χ2n) is 16.5. The molecule has 3 fully saturated rings. The molecule has 9 atom stereocenters. The van der Waals surface area contributed by atoms with Gasteiger partial charge in [-0.3, -0.25) is 19.4 Å². The molecule has 3 aliphatic rings. The molecule has 1 N–H and O–H groups in total. The zero-order chi connectivity index (χ0) is 36.8. The van der Waals surface area contributed by atoms with Crippen molar-refractivity contribution >= 4 is 11.8 Å². The first kappa shape index (κ1) is 40.8. The van der Waals surface area contributed by atoms with Gasteiger partial charge in [0.15, 0.2) is 12.1 Å². The molecule has 1 aromatic rings. The number of aliphatic hydroxyl groups excluding tert-OH is 1. The van der Waals surface area contributed by atoms with E-state index in [-0.39, 0.29) is 36.5 Å². The van der Waals surface area contributed by atoms with Gasteiger partial charge < -0.3 is 29.0 Å². The molecule has 3 aliphatic heterocycles. The van der Waals surface area contributed by atoms with Crippen LogP contribution in [0.25, 0.3) is 0 Å². The molecule has 50 heavy (non-hydrogen) atoms. The molecule has 0 unspecified atom stereocenters. The molecule has 3 saturated heterocycles. The van der Waals surface area contributed by atoms with E-state index in [1.807, 2.05) is 32.8 Å². The maximum atomic E-state index is 14.4. The number of ether oxygens (including phenoxy) is 4. The highest BCUT2D eigenvalue weighted by Crippen LogP contribution is 2.38. The summed E-state index contributed by atoms with van der Waals surface area (Å²) in [4.78, 5) is 35.2. The monoisotopic (exact) mass is 701 g/mol. The Bertz CT molecular complexity index is 1220. The molecule has 0 saturated carbocycles. The highest BCUT2D eigenvalue weighted by molar-refractivity contribution is 6.04. The van der Waals surface area contributed by atoms with Crippen molar-refractivity contribution in [1.82, 2.24) is 14.7 Å². The van der Waals surface area contributed by atoms with Gasteiger partial charge in [0.25, 0.3) is 0 Å². The van der Waals surface area contributed by atoms with Gasteiger partial charge in [-0.25, -0.2) is 0 Å². The van der Waals surface area contributed by atoms with Crippen molar-refractivity contribution in [3.05, 3.63) is 35.9 Å². The Morgan fingerprint density at radius 2 is 1.70 bits per heavy atom. The number of Topliss-reactive ketones (excluding diaryl/α,β-unsaturated/α-hetero) is 1. The second-order valence-corrected chi connectivity index (χ2v) is 16.5. The number of benzene rings is 1. The summed E-state index contributed by atoms with van der Waals surface area (Å²) >= 11 is 0. The molecule has 0 aromatic heterocycles. The van der Waals surface area contributed by atoms with E-state index in [2.05, 4.69) is 54.0 Å². The first-order chi connectivity index (χ1) is 23.6. The van der Waals surface area contributed by atoms with Gasteiger partial charge in [0.2, 0.25) is 0 Å². The lowest BCUT2D eigenvalue weighted by molar-refractivity contribution is -0.295. The van der Waals surface area contributed by atoms with E-state index in [0.29, 0.717) is 18.8 Å². The van der Waals surface area contributed by atoms with Crippen LogP contribution in [0.3, 0.4) is 0 Å². The largest absolute Gasteiger partial charge is 0.463 e. The van der Waals surface area contributed by atoms with Crippen molar-refractivity contribution in [3.8, 4) is 0 Å². The standard InChI is InChI=1S/C40H67N3O7/c1-11-43-24-27(2)23-40(7,47-10)36(50-37-34(44)33(41(8)9)21-28(3)49-37)29(4)35(45)39(5,6)38(46)48-26-32(43)22-30-17-19-42(20-18-30)25-31-15-13-12-14-16-31/h12-16,27-30,32-34,36-37,44H,11,17-26H2,1-10H3/t27-,28-,29+,32-,33+,34-,36-,37+,40-/m1/s1. The molecule has 0 bridgehead atoms. The lowest BCUT2D eigenvalue weighted by Gasteiger charge is -2.47. The van der Waals surface area contributed by atoms with Crippen molar-refractivity contribution in [2.24, 2.45) is 23.2 Å². The quantitative estimate of drug-likeness (QED) is 0.280. The Morgan fingerprint density at radius 3 is 2.30 bits per heavy atom. The van der Waals surface area contributed by atoms with Gasteiger partial charge in [-0.05, 0) is 111 Å². The molecule has 3 heterocycles. The van der Waals surface area contributed by atoms with Crippen LogP contribution in [0, 0.1) is 23.2 Å². The number of cyclic esters (lactones) is 1. The van der Waals surface area contributed by atoms with E-state index in [1.54, 1.807) is 27.9 Å². The summed E-state index contributed by atoms with van der Waals surface area (Å²) in [5.74, 6) is -0.856. The van der Waals surface area contributed by atoms with Gasteiger partial charge in [-0.1, -0.05) is 51.1 Å². The predicted molar refractivity (Wildman–Crippen MR) is 196 cm³/mol. The molecule has 0 aliphatic carbocycles. The molecule has 4 rings (SSSR count). The highest BCUT2D eigenvalue weighted by Gasteiger charge is 2.51. The normalized spacial score (nSPS) is 36.0. The zero-order valence-corrected chi connectivity index (χ0v) is 32.6. The maximum absolute atomic E-state index is 14.4. The van der Waals surface area contributed by atoms with Crippen LogP contribution < -0.4 is 0 Å². The Kier molecular flexibility index (Phi) is 14.5. The minimum absolute atomic E-state index is 0.0391. The molecule has 284 valence electrons. The third-order valence-electron chi connectivity index (χ3n) is 11.8. The van der Waals surface area contributed by atoms with Crippen molar-refractivity contribution < 1.29 is 33.6 Å². The van der Waals surface area contributed by atoms with Gasteiger partial charge in [0.1, 0.15) is 18.1 Å². The number of methoxy groups -OCH3 is 1. The number of aliphatic hydroxyl groups is 1. The van der Waals surface area contributed by atoms with E-state index in [4.69, 9.17) is 18.9 Å². The number of hydrogen-bond donors (Lipinski definition) is 1. The van der Waals surface area contributed by atoms with Gasteiger partial charge in [0, 0.05) is 38.2 Å². The number of piperidine rings is 1. The smallest absolute Gasteiger partial charge is 0.319 e. The topological polar surface area (TPSA) is 101 Å². The third kappa shape index (κ3) is 9.94. The number of carbonyl (C=O) groups excluding carboxylic acids is 2. The number of rotatable bonds is 9. The fourth-order valence-electron chi connectivity index (χ4n) is 8.69. The summed E-state index contributed by atoms with van der Waals surface area (Å²) < 4.78 is 25.3. The Morgan fingerprint density at radius 1 is 1.04 bits per heavy atom. The van der Waals surface area contributed by atoms with Crippen molar-refractivity contribution in [2.45, 2.75) is 129 Å². The molecule has 0 spiro atoms. The molecule has 0 radical (unpaired) electrons. The summed E-state index contributed by atoms with van der Waals surface area (Å²) in [6.07, 6.45) is 1.58. The summed E-state index contributed by atoms with van der Waals surface area (Å²) in [5.41, 5.74) is -0.984. The minimum atomic E-state index is -1.41. The predicted octanol–water partition coefficient (Wildman–Crippen LogP) is 5.01. The number of hydrogen-bond acceptors (Lipinski definition) is 10. The Labute approximate surface area is 302 Å². The SMILES string of the molecule is CCN1C[C@H](C)C[C@@](C)(OC)[C@H](O[C@@H]2O[C@H](C)C[C@H](N(C)C)[C@H]2O)[C@@H](C)C(=O)C(C)(C)C(=O)OC[C@H]1CC1CCN(Cc2ccccc2)CC1. The van der Waals surface area contributed by atoms with E-state index in [9.17, 15) is 14.7 Å². The van der Waals surface area contributed by atoms with Crippen molar-refractivity contribution in [3.63, 3.8) is 0 Å². The van der Waals surface area contributed by atoms with Crippen LogP contribution in [0.2, 0.25) is 0 Å². The van der Waals surface area contributed by atoms with E-state index >= 15 is 0 Å². The minimum Gasteiger partial charge on any atom is -0.463 e. The van der Waals surface area contributed by atoms with Crippen LogP contribution in [0.5, 0.6) is 0 Å². The Balaban J connectivity index is 1.56. The van der Waals surface area contributed by atoms with Crippen LogP contribution in [-0.4, -0.2) is 128 Å². The van der Waals surface area contributed by atoms with Gasteiger partial charge in [-0.2, -0.15) is 0 Å². The molecule has 1 aromatic carbocycles. The highest BCUT2D eigenvalue weighted by atomic mass is 16.7. The molecule has 10 nitrogen and oxygen atoms in total. The lowest BCUT2D eigenvalue weighted by atomic mass is 9.74. The van der Waals surface area contributed by atoms with E-state index < -0.39 is 41.4 Å². The summed E-state index contributed by atoms with van der Waals surface area (Å²) in [6.45, 7) is 18.4. The zero-order valence-electron chi connectivity index (χ0n) is 32.6. The van der Waals surface area contributed by atoms with Crippen molar-refractivity contribution in [2.75, 3.05) is 54.0 Å². The first-order valence-electron chi connectivity index (χ1n) is 19.0. The number of likely N-dealkylation sites (tertiary alicyclic amines) is 1. The Hall–Kier alpha value is -1.92. The first-order valence-corrected chi connectivity index (χ1v) is 19.0. The van der Waals surface area contributed by atoms with Crippen molar-refractivity contribution in [1.29, 1.82) is 0 Å². The van der Waals surface area contributed by atoms with E-state index in [1.165, 1.54) is 5.56 Å². The molecule has 0 amide bonds. The van der Waals surface area contributed by atoms with Gasteiger partial charge in [0.05, 0.1) is 17.8 Å². The fourth-order valence-corrected chi connectivity index (χ4v) is 8.69. The van der Waals surface area contributed by atoms with E-state index in [0.717, 1.165) is 52.0 Å². The molecular formula is C40H67N3O7. The van der Waals surface area contributed by atoms with Crippen LogP contribution in [0.4, 0.5) is 0 Å². The van der Waals surface area contributed by atoms with Crippen LogP contribution in [0.1, 0.15) is 86.1 Å². The third-order valence-corrected chi connectivity index (χ3v) is 11.8. The molecule has 10 heteroatoms. The molecular weight excluding hydrogens is 634 g/mol. The van der Waals surface area contributed by atoms with Gasteiger partial charge in [-0.15, -0.1) is 0 Å². The average molecular weight is 702 g/mol. The fraction of sp³-hybridized carbons (Fsp3) is 0.800. The summed E-state index contributed by atoms with van der Waals surface area (Å²) in [7, 11) is 5.53. The average Bonchev–Trinajstić information content (AvgIpc) is 3.09. The summed E-state index contributed by atoms with van der Waals surface area (Å²) in [5, 5.41) is 11.4. The van der Waals surface area contributed by atoms with Crippen LogP contribution in [-0.2, 0) is 35.1 Å². The number of carbonyl (C=O) groups is 2. The van der Waals surface area contributed by atoms with Crippen LogP contribution >= 0.6 is 0 Å². The number of ketones is 1.